The second-order valence-corrected chi connectivity index (χ2v) is 5.39. The Balaban J connectivity index is 2.31. The number of amides is 2. The summed E-state index contributed by atoms with van der Waals surface area (Å²) in [7, 11) is 0. The third-order valence-corrected chi connectivity index (χ3v) is 3.27. The molecule has 2 amide bonds. The largest absolute Gasteiger partial charge is 0.480 e. The van der Waals surface area contributed by atoms with Crippen LogP contribution in [-0.4, -0.2) is 41.9 Å². The lowest BCUT2D eigenvalue weighted by atomic mass is 10.2. The molecule has 1 aromatic carbocycles. The second-order valence-electron chi connectivity index (χ2n) is 4.95. The zero-order valence-corrected chi connectivity index (χ0v) is 13.4. The summed E-state index contributed by atoms with van der Waals surface area (Å²) in [6.45, 7) is 0.182. The number of rotatable bonds is 9. The molecule has 0 aromatic heterocycles. The fourth-order valence-corrected chi connectivity index (χ4v) is 1.95. The summed E-state index contributed by atoms with van der Waals surface area (Å²) in [5, 5.41) is 13.9. The van der Waals surface area contributed by atoms with Gasteiger partial charge < -0.3 is 15.7 Å². The summed E-state index contributed by atoms with van der Waals surface area (Å²) >= 11 is 5.71. The van der Waals surface area contributed by atoms with Gasteiger partial charge >= 0.3 is 5.97 Å². The first kappa shape index (κ1) is 19.8. The molecule has 1 unspecified atom stereocenters. The summed E-state index contributed by atoms with van der Waals surface area (Å²) in [6, 6.07) is 4.61. The van der Waals surface area contributed by atoms with Crippen molar-refractivity contribution in [1.82, 2.24) is 10.6 Å². The first-order chi connectivity index (χ1) is 11.3. The highest BCUT2D eigenvalue weighted by Gasteiger charge is 2.23. The summed E-state index contributed by atoms with van der Waals surface area (Å²) in [5.41, 5.74) is 0.409. The number of nitrogens with one attached hydrogen (secondary N) is 2. The Kier molecular flexibility index (Phi) is 8.11. The van der Waals surface area contributed by atoms with Crippen molar-refractivity contribution >= 4 is 29.4 Å². The van der Waals surface area contributed by atoms with Crippen molar-refractivity contribution in [3.8, 4) is 0 Å². The molecule has 0 saturated carbocycles. The van der Waals surface area contributed by atoms with Crippen LogP contribution in [0.25, 0.3) is 0 Å². The van der Waals surface area contributed by atoms with E-state index in [-0.39, 0.29) is 25.3 Å². The van der Waals surface area contributed by atoms with Crippen LogP contribution in [0.1, 0.15) is 29.6 Å². The Labute approximate surface area is 142 Å². The summed E-state index contributed by atoms with van der Waals surface area (Å²) < 4.78 is 24.4. The maximum atomic E-state index is 12.2. The molecule has 1 atom stereocenters. The molecule has 0 aliphatic carbocycles. The van der Waals surface area contributed by atoms with Gasteiger partial charge in [-0.15, -0.1) is 0 Å². The van der Waals surface area contributed by atoms with E-state index in [1.165, 1.54) is 0 Å². The first-order valence-electron chi connectivity index (χ1n) is 7.13. The molecule has 24 heavy (non-hydrogen) atoms. The van der Waals surface area contributed by atoms with Crippen LogP contribution in [-0.2, 0) is 9.59 Å². The molecular weight excluding hydrogens is 346 g/mol. The summed E-state index contributed by atoms with van der Waals surface area (Å²) in [4.78, 5) is 34.1. The molecule has 0 spiro atoms. The number of carbonyl (C=O) groups excluding carboxylic acids is 2. The molecular formula is C15H17ClF2N2O4. The SMILES string of the molecule is O=C(CCCNC(=O)c1ccc(Cl)cc1)NC(CC(F)F)C(=O)O. The molecule has 1 rings (SSSR count). The minimum atomic E-state index is -2.83. The van der Waals surface area contributed by atoms with Gasteiger partial charge in [-0.2, -0.15) is 0 Å². The minimum absolute atomic E-state index is 0.0894. The normalized spacial score (nSPS) is 11.8. The highest BCUT2D eigenvalue weighted by atomic mass is 35.5. The Bertz CT molecular complexity index is 581. The van der Waals surface area contributed by atoms with E-state index in [0.29, 0.717) is 10.6 Å². The smallest absolute Gasteiger partial charge is 0.326 e. The quantitative estimate of drug-likeness (QED) is 0.586. The second kappa shape index (κ2) is 9.82. The highest BCUT2D eigenvalue weighted by molar-refractivity contribution is 6.30. The average Bonchev–Trinajstić information content (AvgIpc) is 2.50. The lowest BCUT2D eigenvalue weighted by Gasteiger charge is -2.14. The number of benzene rings is 1. The number of hydrogen-bond acceptors (Lipinski definition) is 3. The van der Waals surface area contributed by atoms with Crippen molar-refractivity contribution in [3.63, 3.8) is 0 Å². The lowest BCUT2D eigenvalue weighted by Crippen LogP contribution is -2.42. The number of halogens is 3. The fraction of sp³-hybridized carbons (Fsp3) is 0.400. The third-order valence-electron chi connectivity index (χ3n) is 3.02. The van der Waals surface area contributed by atoms with Crippen LogP contribution >= 0.6 is 11.6 Å². The van der Waals surface area contributed by atoms with Crippen LogP contribution in [0.3, 0.4) is 0 Å². The molecule has 6 nitrogen and oxygen atoms in total. The predicted octanol–water partition coefficient (Wildman–Crippen LogP) is 2.07. The average molecular weight is 363 g/mol. The number of aliphatic carboxylic acids is 1. The molecule has 3 N–H and O–H groups in total. The molecule has 0 aliphatic heterocycles. The van der Waals surface area contributed by atoms with Gasteiger partial charge in [-0.25, -0.2) is 13.6 Å². The Morgan fingerprint density at radius 3 is 2.33 bits per heavy atom. The van der Waals surface area contributed by atoms with Gasteiger partial charge in [0.2, 0.25) is 12.3 Å². The molecule has 0 bridgehead atoms. The Morgan fingerprint density at radius 1 is 1.17 bits per heavy atom. The van der Waals surface area contributed by atoms with E-state index in [4.69, 9.17) is 16.7 Å². The zero-order chi connectivity index (χ0) is 18.1. The summed E-state index contributed by atoms with van der Waals surface area (Å²) in [6.07, 6.45) is -3.63. The van der Waals surface area contributed by atoms with Crippen molar-refractivity contribution in [1.29, 1.82) is 0 Å². The van der Waals surface area contributed by atoms with Gasteiger partial charge in [-0.3, -0.25) is 9.59 Å². The monoisotopic (exact) mass is 362 g/mol. The van der Waals surface area contributed by atoms with Gasteiger partial charge in [0.1, 0.15) is 6.04 Å². The fourth-order valence-electron chi connectivity index (χ4n) is 1.82. The molecule has 1 aromatic rings. The van der Waals surface area contributed by atoms with E-state index in [1.54, 1.807) is 24.3 Å². The molecule has 132 valence electrons. The maximum Gasteiger partial charge on any atom is 0.326 e. The molecule has 0 radical (unpaired) electrons. The maximum absolute atomic E-state index is 12.2. The highest BCUT2D eigenvalue weighted by Crippen LogP contribution is 2.09. The Hall–Kier alpha value is -2.22. The number of carboxylic acids is 1. The van der Waals surface area contributed by atoms with E-state index >= 15 is 0 Å². The third kappa shape index (κ3) is 7.36. The van der Waals surface area contributed by atoms with Crippen LogP contribution < -0.4 is 10.6 Å². The van der Waals surface area contributed by atoms with E-state index in [2.05, 4.69) is 5.32 Å². The van der Waals surface area contributed by atoms with Crippen molar-refractivity contribution in [2.24, 2.45) is 0 Å². The topological polar surface area (TPSA) is 95.5 Å². The van der Waals surface area contributed by atoms with E-state index in [0.717, 1.165) is 0 Å². The van der Waals surface area contributed by atoms with Crippen LogP contribution in [0.5, 0.6) is 0 Å². The van der Waals surface area contributed by atoms with Gasteiger partial charge in [0, 0.05) is 30.0 Å². The van der Waals surface area contributed by atoms with E-state index in [1.807, 2.05) is 5.32 Å². The molecule has 0 saturated heterocycles. The van der Waals surface area contributed by atoms with Crippen molar-refractivity contribution in [3.05, 3.63) is 34.9 Å². The molecule has 0 fully saturated rings. The number of carbonyl (C=O) groups is 3. The summed E-state index contributed by atoms with van der Waals surface area (Å²) in [5.74, 6) is -2.52. The van der Waals surface area contributed by atoms with Crippen LogP contribution in [0.2, 0.25) is 5.02 Å². The van der Waals surface area contributed by atoms with E-state index < -0.39 is 30.8 Å². The molecule has 0 heterocycles. The zero-order valence-electron chi connectivity index (χ0n) is 12.6. The van der Waals surface area contributed by atoms with Gasteiger partial charge in [0.25, 0.3) is 5.91 Å². The van der Waals surface area contributed by atoms with Crippen LogP contribution in [0, 0.1) is 0 Å². The van der Waals surface area contributed by atoms with Gasteiger partial charge in [0.15, 0.2) is 0 Å². The van der Waals surface area contributed by atoms with Gasteiger partial charge in [-0.1, -0.05) is 11.6 Å². The number of hydrogen-bond donors (Lipinski definition) is 3. The number of alkyl halides is 2. The standard InChI is InChI=1S/C15H17ClF2N2O4/c16-10-5-3-9(4-6-10)14(22)19-7-1-2-13(21)20-11(15(23)24)8-12(17)18/h3-6,11-12H,1-2,7-8H2,(H,19,22)(H,20,21)(H,23,24). The van der Waals surface area contributed by atoms with Crippen molar-refractivity contribution in [2.45, 2.75) is 31.7 Å². The minimum Gasteiger partial charge on any atom is -0.480 e. The lowest BCUT2D eigenvalue weighted by molar-refractivity contribution is -0.143. The van der Waals surface area contributed by atoms with Gasteiger partial charge in [-0.05, 0) is 30.7 Å². The first-order valence-corrected chi connectivity index (χ1v) is 7.51. The Morgan fingerprint density at radius 2 is 1.79 bits per heavy atom. The van der Waals surface area contributed by atoms with Crippen molar-refractivity contribution < 1.29 is 28.3 Å². The van der Waals surface area contributed by atoms with Crippen molar-refractivity contribution in [2.75, 3.05) is 6.54 Å². The number of carboxylic acid groups (broad SMARTS) is 1. The van der Waals surface area contributed by atoms with Crippen LogP contribution in [0.4, 0.5) is 8.78 Å². The molecule has 9 heteroatoms. The predicted molar refractivity (Wildman–Crippen MR) is 83.2 cm³/mol. The van der Waals surface area contributed by atoms with Crippen LogP contribution in [0.15, 0.2) is 24.3 Å². The van der Waals surface area contributed by atoms with Gasteiger partial charge in [0.05, 0.1) is 0 Å². The van der Waals surface area contributed by atoms with E-state index in [9.17, 15) is 23.2 Å². The molecule has 0 aliphatic rings.